The smallest absolute Gasteiger partial charge is 0.0988 e. The zero-order chi connectivity index (χ0) is 15.5. The highest BCUT2D eigenvalue weighted by Crippen LogP contribution is 2.36. The Labute approximate surface area is 127 Å². The molecule has 21 heavy (non-hydrogen) atoms. The summed E-state index contributed by atoms with van der Waals surface area (Å²) >= 11 is 0. The van der Waals surface area contributed by atoms with Gasteiger partial charge in [-0.1, -0.05) is 57.2 Å². The molecule has 0 amide bonds. The summed E-state index contributed by atoms with van der Waals surface area (Å²) in [5.74, 6) is 0. The Kier molecular flexibility index (Phi) is 4.01. The molecule has 0 N–H and O–H groups in total. The van der Waals surface area contributed by atoms with E-state index < -0.39 is 5.41 Å². The van der Waals surface area contributed by atoms with Crippen molar-refractivity contribution in [3.05, 3.63) is 59.2 Å². The van der Waals surface area contributed by atoms with Gasteiger partial charge < -0.3 is 0 Å². The van der Waals surface area contributed by atoms with E-state index in [9.17, 15) is 5.26 Å². The van der Waals surface area contributed by atoms with Crippen LogP contribution in [0.15, 0.2) is 48.1 Å². The Balaban J connectivity index is 2.35. The summed E-state index contributed by atoms with van der Waals surface area (Å²) in [6, 6.07) is 12.9. The van der Waals surface area contributed by atoms with Crippen molar-refractivity contribution in [1.29, 1.82) is 10.5 Å². The highest BCUT2D eigenvalue weighted by Gasteiger charge is 2.30. The van der Waals surface area contributed by atoms with Gasteiger partial charge in [-0.3, -0.25) is 0 Å². The number of nitriles is 2. The third kappa shape index (κ3) is 3.23. The lowest BCUT2D eigenvalue weighted by Crippen LogP contribution is -2.23. The summed E-state index contributed by atoms with van der Waals surface area (Å²) in [7, 11) is 0. The van der Waals surface area contributed by atoms with Gasteiger partial charge in [-0.05, 0) is 35.5 Å². The van der Waals surface area contributed by atoms with E-state index in [1.165, 1.54) is 11.1 Å². The molecule has 2 nitrogen and oxygen atoms in total. The summed E-state index contributed by atoms with van der Waals surface area (Å²) in [5, 5.41) is 18.6. The molecule has 2 heteroatoms. The van der Waals surface area contributed by atoms with Crippen LogP contribution in [-0.4, -0.2) is 0 Å². The van der Waals surface area contributed by atoms with E-state index in [0.717, 1.165) is 0 Å². The van der Waals surface area contributed by atoms with Gasteiger partial charge in [-0.25, -0.2) is 0 Å². The van der Waals surface area contributed by atoms with Crippen LogP contribution in [0.25, 0.3) is 0 Å². The fourth-order valence-electron chi connectivity index (χ4n) is 2.76. The number of benzene rings is 1. The topological polar surface area (TPSA) is 47.6 Å². The third-order valence-electron chi connectivity index (χ3n) is 3.95. The SMILES string of the molecule is CC(C)(C)c1ccccc1CC1(C#N)C=CC(C#N)=CC1. The molecule has 0 saturated carbocycles. The van der Waals surface area contributed by atoms with Gasteiger partial charge in [0.25, 0.3) is 0 Å². The van der Waals surface area contributed by atoms with Gasteiger partial charge in [0.1, 0.15) is 0 Å². The van der Waals surface area contributed by atoms with Crippen LogP contribution in [0.3, 0.4) is 0 Å². The summed E-state index contributed by atoms with van der Waals surface area (Å²) < 4.78 is 0. The minimum Gasteiger partial charge on any atom is -0.197 e. The fourth-order valence-corrected chi connectivity index (χ4v) is 2.76. The van der Waals surface area contributed by atoms with Crippen LogP contribution in [0, 0.1) is 28.1 Å². The molecule has 0 bridgehead atoms. The summed E-state index contributed by atoms with van der Waals surface area (Å²) in [6.45, 7) is 6.57. The number of hydrogen-bond acceptors (Lipinski definition) is 2. The van der Waals surface area contributed by atoms with Crippen molar-refractivity contribution in [1.82, 2.24) is 0 Å². The predicted molar refractivity (Wildman–Crippen MR) is 84.3 cm³/mol. The van der Waals surface area contributed by atoms with E-state index in [4.69, 9.17) is 5.26 Å². The fraction of sp³-hybridized carbons (Fsp3) is 0.368. The lowest BCUT2D eigenvalue weighted by atomic mass is 9.73. The molecular formula is C19H20N2. The standard InChI is InChI=1S/C19H20N2/c1-18(2,3)17-7-5-4-6-16(17)12-19(14-21)10-8-15(13-20)9-11-19/h4-10H,11-12H2,1-3H3. The van der Waals surface area contributed by atoms with E-state index in [-0.39, 0.29) is 5.41 Å². The van der Waals surface area contributed by atoms with E-state index in [2.05, 4.69) is 45.0 Å². The maximum atomic E-state index is 9.64. The van der Waals surface area contributed by atoms with Crippen LogP contribution in [0.1, 0.15) is 38.3 Å². The van der Waals surface area contributed by atoms with Gasteiger partial charge in [0.15, 0.2) is 0 Å². The van der Waals surface area contributed by atoms with Crippen LogP contribution in [0.5, 0.6) is 0 Å². The molecule has 0 spiro atoms. The number of nitrogens with zero attached hydrogens (tertiary/aromatic N) is 2. The molecule has 0 heterocycles. The Bertz CT molecular complexity index is 675. The van der Waals surface area contributed by atoms with Crippen molar-refractivity contribution in [2.24, 2.45) is 5.41 Å². The van der Waals surface area contributed by atoms with Gasteiger partial charge in [-0.2, -0.15) is 10.5 Å². The summed E-state index contributed by atoms with van der Waals surface area (Å²) in [4.78, 5) is 0. The lowest BCUT2D eigenvalue weighted by molar-refractivity contribution is 0.492. The molecule has 0 fully saturated rings. The van der Waals surface area contributed by atoms with Crippen molar-refractivity contribution in [2.75, 3.05) is 0 Å². The van der Waals surface area contributed by atoms with Crippen LogP contribution in [0.2, 0.25) is 0 Å². The first-order valence-electron chi connectivity index (χ1n) is 7.19. The van der Waals surface area contributed by atoms with E-state index >= 15 is 0 Å². The minimum absolute atomic E-state index is 0.0548. The molecule has 1 atom stereocenters. The Hall–Kier alpha value is -2.32. The summed E-state index contributed by atoms with van der Waals surface area (Å²) in [5.41, 5.74) is 2.65. The molecular weight excluding hydrogens is 256 g/mol. The van der Waals surface area contributed by atoms with Gasteiger partial charge in [-0.15, -0.1) is 0 Å². The van der Waals surface area contributed by atoms with Crippen LogP contribution >= 0.6 is 0 Å². The van der Waals surface area contributed by atoms with Crippen molar-refractivity contribution < 1.29 is 0 Å². The van der Waals surface area contributed by atoms with Gasteiger partial charge in [0.05, 0.1) is 17.6 Å². The third-order valence-corrected chi connectivity index (χ3v) is 3.95. The van der Waals surface area contributed by atoms with E-state index in [1.54, 1.807) is 6.08 Å². The van der Waals surface area contributed by atoms with Crippen molar-refractivity contribution >= 4 is 0 Å². The number of allylic oxidation sites excluding steroid dienone is 4. The molecule has 0 saturated heterocycles. The first kappa shape index (κ1) is 15.1. The Morgan fingerprint density at radius 3 is 2.43 bits per heavy atom. The van der Waals surface area contributed by atoms with Gasteiger partial charge in [0, 0.05) is 5.57 Å². The number of hydrogen-bond donors (Lipinski definition) is 0. The Morgan fingerprint density at radius 1 is 1.19 bits per heavy atom. The zero-order valence-corrected chi connectivity index (χ0v) is 12.9. The highest BCUT2D eigenvalue weighted by molar-refractivity contribution is 5.42. The summed E-state index contributed by atoms with van der Waals surface area (Å²) in [6.07, 6.45) is 6.81. The van der Waals surface area contributed by atoms with E-state index in [1.807, 2.05) is 24.3 Å². The molecule has 0 aliphatic heterocycles. The maximum absolute atomic E-state index is 9.64. The average molecular weight is 276 g/mol. The predicted octanol–water partition coefficient (Wildman–Crippen LogP) is 4.45. The van der Waals surface area contributed by atoms with Gasteiger partial charge >= 0.3 is 0 Å². The largest absolute Gasteiger partial charge is 0.197 e. The molecule has 2 rings (SSSR count). The number of rotatable bonds is 2. The molecule has 1 aliphatic rings. The molecule has 1 aromatic carbocycles. The average Bonchev–Trinajstić information content (AvgIpc) is 2.47. The van der Waals surface area contributed by atoms with Crippen LogP contribution in [-0.2, 0) is 11.8 Å². The monoisotopic (exact) mass is 276 g/mol. The molecule has 1 unspecified atom stereocenters. The quantitative estimate of drug-likeness (QED) is 0.801. The molecule has 1 aromatic rings. The normalized spacial score (nSPS) is 21.3. The van der Waals surface area contributed by atoms with E-state index in [0.29, 0.717) is 18.4 Å². The molecule has 106 valence electrons. The zero-order valence-electron chi connectivity index (χ0n) is 12.9. The lowest BCUT2D eigenvalue weighted by Gasteiger charge is -2.28. The highest BCUT2D eigenvalue weighted by atomic mass is 14.4. The Morgan fingerprint density at radius 2 is 1.90 bits per heavy atom. The van der Waals surface area contributed by atoms with Crippen molar-refractivity contribution in [2.45, 2.75) is 39.0 Å². The maximum Gasteiger partial charge on any atom is 0.0988 e. The molecule has 1 aliphatic carbocycles. The van der Waals surface area contributed by atoms with Crippen LogP contribution < -0.4 is 0 Å². The first-order valence-corrected chi connectivity index (χ1v) is 7.19. The minimum atomic E-state index is -0.540. The van der Waals surface area contributed by atoms with Gasteiger partial charge in [0.2, 0.25) is 0 Å². The second kappa shape index (κ2) is 5.58. The molecule has 0 radical (unpaired) electrons. The van der Waals surface area contributed by atoms with Crippen molar-refractivity contribution in [3.8, 4) is 12.1 Å². The molecule has 0 aromatic heterocycles. The second-order valence-electron chi connectivity index (χ2n) is 6.66. The van der Waals surface area contributed by atoms with Crippen molar-refractivity contribution in [3.63, 3.8) is 0 Å². The second-order valence-corrected chi connectivity index (χ2v) is 6.66. The first-order chi connectivity index (χ1) is 9.90. The van der Waals surface area contributed by atoms with Crippen LogP contribution in [0.4, 0.5) is 0 Å².